The van der Waals surface area contributed by atoms with Crippen LogP contribution in [0.3, 0.4) is 0 Å². The Labute approximate surface area is 113 Å². The van der Waals surface area contributed by atoms with Gasteiger partial charge in [0.15, 0.2) is 5.78 Å². The van der Waals surface area contributed by atoms with Crippen molar-refractivity contribution in [1.29, 1.82) is 0 Å². The number of carbonyl (C=O) groups is 1. The van der Waals surface area contributed by atoms with Crippen LogP contribution in [-0.2, 0) is 0 Å². The highest BCUT2D eigenvalue weighted by Gasteiger charge is 2.19. The fourth-order valence-corrected chi connectivity index (χ4v) is 2.45. The summed E-state index contributed by atoms with van der Waals surface area (Å²) in [6.45, 7) is 0. The van der Waals surface area contributed by atoms with Crippen molar-refractivity contribution in [3.63, 3.8) is 0 Å². The van der Waals surface area contributed by atoms with Crippen molar-refractivity contribution in [2.24, 2.45) is 5.73 Å². The summed E-state index contributed by atoms with van der Waals surface area (Å²) in [6, 6.07) is 7.82. The number of Topliss-reactive ketones (excluding diaryl/α,β-unsaturated/α-hetero) is 1. The summed E-state index contributed by atoms with van der Waals surface area (Å²) in [7, 11) is 0. The van der Waals surface area contributed by atoms with E-state index in [4.69, 9.17) is 28.9 Å². The molecule has 5 heteroatoms. The Hall–Kier alpha value is -0.870. The molecular formula is C12H9Cl2NOS. The molecule has 0 aliphatic carbocycles. The fourth-order valence-electron chi connectivity index (χ4n) is 1.43. The van der Waals surface area contributed by atoms with Crippen molar-refractivity contribution in [3.8, 4) is 0 Å². The third kappa shape index (κ3) is 2.69. The smallest absolute Gasteiger partial charge is 0.184 e. The summed E-state index contributed by atoms with van der Waals surface area (Å²) in [5.74, 6) is -0.161. The molecule has 1 unspecified atom stereocenters. The van der Waals surface area contributed by atoms with Crippen molar-refractivity contribution >= 4 is 40.3 Å². The number of hydrogen-bond donors (Lipinski definition) is 1. The zero-order valence-electron chi connectivity index (χ0n) is 8.69. The van der Waals surface area contributed by atoms with Gasteiger partial charge in [-0.05, 0) is 29.6 Å². The molecular weight excluding hydrogens is 277 g/mol. The molecule has 0 aliphatic heterocycles. The minimum atomic E-state index is -0.646. The highest BCUT2D eigenvalue weighted by Crippen LogP contribution is 2.26. The molecule has 0 saturated heterocycles. The van der Waals surface area contributed by atoms with E-state index in [1.54, 1.807) is 18.2 Å². The summed E-state index contributed by atoms with van der Waals surface area (Å²) in [5, 5.41) is 2.67. The van der Waals surface area contributed by atoms with Gasteiger partial charge >= 0.3 is 0 Å². The van der Waals surface area contributed by atoms with Crippen LogP contribution in [-0.4, -0.2) is 5.78 Å². The van der Waals surface area contributed by atoms with Gasteiger partial charge in [0.1, 0.15) is 6.04 Å². The van der Waals surface area contributed by atoms with Crippen LogP contribution in [0.5, 0.6) is 0 Å². The van der Waals surface area contributed by atoms with Crippen LogP contribution in [0.25, 0.3) is 0 Å². The molecule has 2 nitrogen and oxygen atoms in total. The second kappa shape index (κ2) is 5.19. The lowest BCUT2D eigenvalue weighted by Gasteiger charge is -2.09. The van der Waals surface area contributed by atoms with Gasteiger partial charge in [0.25, 0.3) is 0 Å². The lowest BCUT2D eigenvalue weighted by Crippen LogP contribution is -2.20. The van der Waals surface area contributed by atoms with E-state index < -0.39 is 6.04 Å². The van der Waals surface area contributed by atoms with Crippen LogP contribution in [0.4, 0.5) is 0 Å². The van der Waals surface area contributed by atoms with E-state index in [0.29, 0.717) is 15.6 Å². The second-order valence-corrected chi connectivity index (χ2v) is 5.28. The molecule has 2 aromatic rings. The van der Waals surface area contributed by atoms with Gasteiger partial charge in [-0.1, -0.05) is 29.3 Å². The summed E-state index contributed by atoms with van der Waals surface area (Å²) < 4.78 is 0. The standard InChI is InChI=1S/C12H9Cl2NOS/c13-8-4-3-7(6-9(8)14)12(16)11(15)10-2-1-5-17-10/h1-6,11H,15H2. The van der Waals surface area contributed by atoms with Gasteiger partial charge in [-0.25, -0.2) is 0 Å². The van der Waals surface area contributed by atoms with Gasteiger partial charge < -0.3 is 5.73 Å². The topological polar surface area (TPSA) is 43.1 Å². The summed E-state index contributed by atoms with van der Waals surface area (Å²) in [6.07, 6.45) is 0. The molecule has 2 N–H and O–H groups in total. The Balaban J connectivity index is 2.28. The molecule has 1 aromatic heterocycles. The Morgan fingerprint density at radius 3 is 2.59 bits per heavy atom. The Morgan fingerprint density at radius 2 is 2.00 bits per heavy atom. The van der Waals surface area contributed by atoms with E-state index >= 15 is 0 Å². The number of ketones is 1. The van der Waals surface area contributed by atoms with Crippen molar-refractivity contribution < 1.29 is 4.79 Å². The maximum Gasteiger partial charge on any atom is 0.184 e. The molecule has 0 bridgehead atoms. The van der Waals surface area contributed by atoms with Gasteiger partial charge in [-0.2, -0.15) is 0 Å². The molecule has 0 spiro atoms. The molecule has 1 aromatic carbocycles. The van der Waals surface area contributed by atoms with Gasteiger partial charge in [0.2, 0.25) is 0 Å². The first-order valence-corrected chi connectivity index (χ1v) is 6.51. The van der Waals surface area contributed by atoms with E-state index in [-0.39, 0.29) is 5.78 Å². The molecule has 0 amide bonds. The highest BCUT2D eigenvalue weighted by atomic mass is 35.5. The first-order chi connectivity index (χ1) is 8.09. The molecule has 2 rings (SSSR count). The second-order valence-electron chi connectivity index (χ2n) is 3.49. The predicted molar refractivity (Wildman–Crippen MR) is 72.0 cm³/mol. The van der Waals surface area contributed by atoms with Gasteiger partial charge in [0, 0.05) is 10.4 Å². The molecule has 1 heterocycles. The highest BCUT2D eigenvalue weighted by molar-refractivity contribution is 7.10. The van der Waals surface area contributed by atoms with E-state index in [1.165, 1.54) is 11.3 Å². The minimum Gasteiger partial charge on any atom is -0.317 e. The van der Waals surface area contributed by atoms with Crippen molar-refractivity contribution in [1.82, 2.24) is 0 Å². The number of halogens is 2. The third-order valence-corrected chi connectivity index (χ3v) is 4.03. The van der Waals surface area contributed by atoms with Crippen LogP contribution in [0.15, 0.2) is 35.7 Å². The maximum atomic E-state index is 12.1. The van der Waals surface area contributed by atoms with Crippen LogP contribution in [0.2, 0.25) is 10.0 Å². The van der Waals surface area contributed by atoms with E-state index in [0.717, 1.165) is 4.88 Å². The van der Waals surface area contributed by atoms with Crippen molar-refractivity contribution in [2.75, 3.05) is 0 Å². The molecule has 17 heavy (non-hydrogen) atoms. The summed E-state index contributed by atoms with van der Waals surface area (Å²) in [5.41, 5.74) is 6.36. The quantitative estimate of drug-likeness (QED) is 0.868. The molecule has 88 valence electrons. The van der Waals surface area contributed by atoms with Crippen molar-refractivity contribution in [2.45, 2.75) is 6.04 Å². The predicted octanol–water partition coefficient (Wildman–Crippen LogP) is 3.94. The van der Waals surface area contributed by atoms with Crippen LogP contribution in [0.1, 0.15) is 21.3 Å². The largest absolute Gasteiger partial charge is 0.317 e. The zero-order chi connectivity index (χ0) is 12.4. The number of thiophene rings is 1. The van der Waals surface area contributed by atoms with E-state index in [2.05, 4.69) is 0 Å². The molecule has 1 atom stereocenters. The van der Waals surface area contributed by atoms with Crippen molar-refractivity contribution in [3.05, 3.63) is 56.2 Å². The number of rotatable bonds is 3. The third-order valence-electron chi connectivity index (χ3n) is 2.34. The number of hydrogen-bond acceptors (Lipinski definition) is 3. The number of nitrogens with two attached hydrogens (primary N) is 1. The van der Waals surface area contributed by atoms with Gasteiger partial charge in [-0.15, -0.1) is 11.3 Å². The zero-order valence-corrected chi connectivity index (χ0v) is 11.0. The van der Waals surface area contributed by atoms with Gasteiger partial charge in [-0.3, -0.25) is 4.79 Å². The van der Waals surface area contributed by atoms with Crippen LogP contribution < -0.4 is 5.73 Å². The Bertz CT molecular complexity index is 539. The first kappa shape index (κ1) is 12.6. The van der Waals surface area contributed by atoms with Crippen LogP contribution in [0, 0.1) is 0 Å². The average Bonchev–Trinajstić information content (AvgIpc) is 2.84. The average molecular weight is 286 g/mol. The van der Waals surface area contributed by atoms with Crippen LogP contribution >= 0.6 is 34.5 Å². The normalized spacial score (nSPS) is 12.4. The fraction of sp³-hybridized carbons (Fsp3) is 0.0833. The Morgan fingerprint density at radius 1 is 1.24 bits per heavy atom. The Kier molecular flexibility index (Phi) is 3.84. The number of carbonyl (C=O) groups excluding carboxylic acids is 1. The molecule has 0 radical (unpaired) electrons. The van der Waals surface area contributed by atoms with E-state index in [9.17, 15) is 4.79 Å². The molecule has 0 saturated carbocycles. The summed E-state index contributed by atoms with van der Waals surface area (Å²) in [4.78, 5) is 12.9. The molecule has 0 aliphatic rings. The summed E-state index contributed by atoms with van der Waals surface area (Å²) >= 11 is 13.1. The first-order valence-electron chi connectivity index (χ1n) is 4.88. The number of benzene rings is 1. The SMILES string of the molecule is NC(C(=O)c1ccc(Cl)c(Cl)c1)c1cccs1. The maximum absolute atomic E-state index is 12.1. The van der Waals surface area contributed by atoms with E-state index in [1.807, 2.05) is 17.5 Å². The lowest BCUT2D eigenvalue weighted by atomic mass is 10.0. The molecule has 0 fully saturated rings. The minimum absolute atomic E-state index is 0.161. The van der Waals surface area contributed by atoms with Gasteiger partial charge in [0.05, 0.1) is 10.0 Å². The monoisotopic (exact) mass is 285 g/mol. The lowest BCUT2D eigenvalue weighted by molar-refractivity contribution is 0.0962.